The van der Waals surface area contributed by atoms with E-state index in [2.05, 4.69) is 21.3 Å². The number of carbonyl (C=O) groups excluding carboxylic acids is 11. The summed E-state index contributed by atoms with van der Waals surface area (Å²) < 4.78 is 0. The second kappa shape index (κ2) is 35.0. The first-order valence-electron chi connectivity index (χ1n) is 30.8. The number of hydrogen-bond donors (Lipinski definition) is 5. The van der Waals surface area contributed by atoms with Gasteiger partial charge in [0.15, 0.2) is 5.78 Å². The number of ketones is 1. The molecule has 5 N–H and O–H groups in total. The Morgan fingerprint density at radius 1 is 0.494 bits per heavy atom. The molecule has 13 atom stereocenters. The lowest BCUT2D eigenvalue weighted by atomic mass is 9.77. The van der Waals surface area contributed by atoms with Crippen molar-refractivity contribution < 1.29 is 57.8 Å². The van der Waals surface area contributed by atoms with Gasteiger partial charge in [0.05, 0.1) is 18.7 Å². The molecule has 0 bridgehead atoms. The van der Waals surface area contributed by atoms with Crippen LogP contribution in [0.15, 0.2) is 12.2 Å². The van der Waals surface area contributed by atoms with Gasteiger partial charge < -0.3 is 55.8 Å². The van der Waals surface area contributed by atoms with E-state index in [4.69, 9.17) is 0 Å². The minimum Gasteiger partial charge on any atom is -0.390 e. The summed E-state index contributed by atoms with van der Waals surface area (Å²) in [5.74, 6) is -11.4. The summed E-state index contributed by atoms with van der Waals surface area (Å²) in [6, 6.07) is -10.9. The van der Waals surface area contributed by atoms with E-state index in [0.29, 0.717) is 6.42 Å². The number of hydrogen-bond acceptors (Lipinski definition) is 12. The molecule has 0 aromatic heterocycles. The maximum atomic E-state index is 15.2. The monoisotopic (exact) mass is 1200 g/mol. The number of likely N-dealkylation sites (N-methyl/N-ethyl adjacent to an activating group) is 6. The Morgan fingerprint density at radius 2 is 0.941 bits per heavy atom. The van der Waals surface area contributed by atoms with Crippen molar-refractivity contribution in [2.45, 2.75) is 224 Å². The van der Waals surface area contributed by atoms with Crippen LogP contribution in [-0.4, -0.2) is 209 Å². The molecule has 1 fully saturated rings. The van der Waals surface area contributed by atoms with Gasteiger partial charge in [-0.05, 0) is 101 Å². The standard InChI is InChI=1S/C63H112N10O12/c1-25-27-28-40(15)53(75)52-58(80)66-44(26-2)60(82)68(19)33-49(74)69(20)46(30-35(5)6)57(79)67-51(39(13)14)63(85)71(22)47(31-36(7)8)56(78)64-42(17)55(77)65-43(18)59(81)72(23)48(32-37(9)10)61(83)70(21)45(29-34(3)4)54(76)41(16)50(38(11)12)62(84)73(52)24/h25,27,34-48,50-53,75H,26,28-33H2,1-24H3,(H,64,78)(H,65,77)(H,66,80)(H,67,79)/b27-25+/t40-,41?,42+,43?,44+,45?,46+,47+,48?,50-,51+,52+,53?/m1/s1. The Kier molecular flexibility index (Phi) is 31.8. The molecule has 0 aliphatic carbocycles. The molecular formula is C63H112N10O12. The predicted octanol–water partition coefficient (Wildman–Crippen LogP) is 4.26. The highest BCUT2D eigenvalue weighted by Gasteiger charge is 2.46. The summed E-state index contributed by atoms with van der Waals surface area (Å²) in [4.78, 5) is 168. The van der Waals surface area contributed by atoms with E-state index in [-0.39, 0.29) is 55.8 Å². The van der Waals surface area contributed by atoms with Gasteiger partial charge >= 0.3 is 0 Å². The molecule has 10 amide bonds. The average Bonchev–Trinajstić information content (AvgIpc) is 3.62. The molecule has 1 saturated heterocycles. The molecule has 1 aliphatic heterocycles. The summed E-state index contributed by atoms with van der Waals surface area (Å²) in [5, 5.41) is 23.1. The first-order valence-corrected chi connectivity index (χ1v) is 30.8. The van der Waals surface area contributed by atoms with Crippen LogP contribution in [-0.2, 0) is 52.7 Å². The van der Waals surface area contributed by atoms with Crippen LogP contribution in [0.4, 0.5) is 0 Å². The summed E-state index contributed by atoms with van der Waals surface area (Å²) in [6.45, 7) is 31.1. The average molecular weight is 1200 g/mol. The van der Waals surface area contributed by atoms with Crippen LogP contribution < -0.4 is 21.3 Å². The third kappa shape index (κ3) is 21.8. The van der Waals surface area contributed by atoms with Crippen LogP contribution in [0.2, 0.25) is 0 Å². The molecule has 0 aromatic rings. The van der Waals surface area contributed by atoms with E-state index in [0.717, 1.165) is 9.80 Å². The van der Waals surface area contributed by atoms with Crippen molar-refractivity contribution in [2.24, 2.45) is 53.3 Å². The molecule has 1 aliphatic rings. The van der Waals surface area contributed by atoms with Crippen molar-refractivity contribution >= 4 is 64.9 Å². The quantitative estimate of drug-likeness (QED) is 0.144. The van der Waals surface area contributed by atoms with Gasteiger partial charge in [0.1, 0.15) is 48.3 Å². The molecule has 0 spiro atoms. The van der Waals surface area contributed by atoms with Crippen molar-refractivity contribution in [2.75, 3.05) is 48.8 Å². The largest absolute Gasteiger partial charge is 0.390 e. The number of aliphatic hydroxyl groups excluding tert-OH is 1. The van der Waals surface area contributed by atoms with E-state index in [1.54, 1.807) is 61.5 Å². The smallest absolute Gasteiger partial charge is 0.246 e. The fraction of sp³-hybridized carbons (Fsp3) is 0.794. The summed E-state index contributed by atoms with van der Waals surface area (Å²) >= 11 is 0. The molecule has 1 heterocycles. The van der Waals surface area contributed by atoms with Gasteiger partial charge in [-0.2, -0.15) is 0 Å². The lowest BCUT2D eigenvalue weighted by molar-refractivity contribution is -0.154. The number of allylic oxidation sites excluding steroid dienone is 2. The Bertz CT molecular complexity index is 2320. The van der Waals surface area contributed by atoms with Crippen LogP contribution in [0.1, 0.15) is 163 Å². The van der Waals surface area contributed by atoms with Gasteiger partial charge in [0.2, 0.25) is 59.1 Å². The first kappa shape index (κ1) is 77.1. The zero-order valence-electron chi connectivity index (χ0n) is 56.2. The fourth-order valence-electron chi connectivity index (χ4n) is 11.0. The van der Waals surface area contributed by atoms with Gasteiger partial charge in [-0.3, -0.25) is 52.7 Å². The third-order valence-electron chi connectivity index (χ3n) is 16.5. The molecule has 0 aromatic carbocycles. The number of nitrogens with one attached hydrogen (secondary N) is 4. The van der Waals surface area contributed by atoms with Crippen molar-refractivity contribution in [3.8, 4) is 0 Å². The Hall–Kier alpha value is -5.93. The van der Waals surface area contributed by atoms with E-state index in [9.17, 15) is 48.3 Å². The molecule has 486 valence electrons. The highest BCUT2D eigenvalue weighted by atomic mass is 16.3. The van der Waals surface area contributed by atoms with E-state index in [1.807, 2.05) is 61.5 Å². The van der Waals surface area contributed by atoms with Crippen molar-refractivity contribution in [3.63, 3.8) is 0 Å². The molecule has 5 unspecified atom stereocenters. The zero-order chi connectivity index (χ0) is 66.0. The maximum Gasteiger partial charge on any atom is 0.246 e. The second-order valence-electron chi connectivity index (χ2n) is 26.4. The highest BCUT2D eigenvalue weighted by molar-refractivity contribution is 6.00. The highest BCUT2D eigenvalue weighted by Crippen LogP contribution is 2.31. The van der Waals surface area contributed by atoms with E-state index in [1.165, 1.54) is 75.7 Å². The topological polar surface area (TPSA) is 276 Å². The van der Waals surface area contributed by atoms with Gasteiger partial charge in [-0.15, -0.1) is 0 Å². The Labute approximate surface area is 509 Å². The minimum atomic E-state index is -1.58. The van der Waals surface area contributed by atoms with E-state index >= 15 is 9.59 Å². The molecular weight excluding hydrogens is 1090 g/mol. The molecule has 22 nitrogen and oxygen atoms in total. The normalized spacial score (nSPS) is 27.8. The number of Topliss-reactive ketones (excluding diaryl/α,β-unsaturated/α-hetero) is 1. The second-order valence-corrected chi connectivity index (χ2v) is 26.4. The summed E-state index contributed by atoms with van der Waals surface area (Å²) in [7, 11) is 8.55. The van der Waals surface area contributed by atoms with Crippen LogP contribution in [0.3, 0.4) is 0 Å². The van der Waals surface area contributed by atoms with Crippen molar-refractivity contribution in [3.05, 3.63) is 12.2 Å². The lowest BCUT2D eigenvalue weighted by Crippen LogP contribution is -2.61. The van der Waals surface area contributed by atoms with E-state index < -0.39 is 161 Å². The minimum absolute atomic E-state index is 0.0311. The molecule has 0 radical (unpaired) electrons. The first-order chi connectivity index (χ1) is 39.2. The van der Waals surface area contributed by atoms with Crippen LogP contribution >= 0.6 is 0 Å². The molecule has 1 rings (SSSR count). The summed E-state index contributed by atoms with van der Waals surface area (Å²) in [6.07, 6.45) is 3.16. The van der Waals surface area contributed by atoms with Crippen molar-refractivity contribution in [1.82, 2.24) is 50.7 Å². The number of carbonyl (C=O) groups is 11. The number of nitrogens with zero attached hydrogens (tertiary/aromatic N) is 6. The predicted molar refractivity (Wildman–Crippen MR) is 330 cm³/mol. The molecule has 22 heteroatoms. The van der Waals surface area contributed by atoms with Gasteiger partial charge in [0.25, 0.3) is 0 Å². The van der Waals surface area contributed by atoms with Crippen LogP contribution in [0.25, 0.3) is 0 Å². The van der Waals surface area contributed by atoms with Gasteiger partial charge in [0, 0.05) is 54.1 Å². The van der Waals surface area contributed by atoms with Crippen molar-refractivity contribution in [1.29, 1.82) is 0 Å². The van der Waals surface area contributed by atoms with Gasteiger partial charge in [-0.1, -0.05) is 116 Å². The number of aliphatic hydroxyl groups is 1. The van der Waals surface area contributed by atoms with Crippen LogP contribution in [0, 0.1) is 53.3 Å². The summed E-state index contributed by atoms with van der Waals surface area (Å²) in [5.41, 5.74) is 0. The maximum absolute atomic E-state index is 15.2. The number of amides is 10. The number of rotatable bonds is 15. The SMILES string of the molecule is C/C=C/C[C@@H](C)C(O)[C@H]1C(=O)N[C@@H](CC)C(=O)N(C)CC(=O)N(C)[C@@H](CC(C)C)C(=O)N[C@@H](C(C)C)C(=O)N(C)[C@@H](CC(C)C)C(=O)N[C@@H](C)C(=O)NC(C)C(=O)N(C)C(CC(C)C)C(=O)N(C)C(CC(C)C)C(=O)C(C)[C@@H](C(C)C)C(=O)N1C. The molecule has 85 heavy (non-hydrogen) atoms. The zero-order valence-corrected chi connectivity index (χ0v) is 56.2. The lowest BCUT2D eigenvalue weighted by Gasteiger charge is -2.40. The van der Waals surface area contributed by atoms with Crippen LogP contribution in [0.5, 0.6) is 0 Å². The Balaban J connectivity index is 4.32. The molecule has 0 saturated carbocycles. The Morgan fingerprint density at radius 3 is 1.41 bits per heavy atom. The van der Waals surface area contributed by atoms with Gasteiger partial charge in [-0.25, -0.2) is 0 Å². The third-order valence-corrected chi connectivity index (χ3v) is 16.5. The fourth-order valence-corrected chi connectivity index (χ4v) is 11.0.